The van der Waals surface area contributed by atoms with Gasteiger partial charge in [0.1, 0.15) is 5.82 Å². The number of aromatic nitrogens is 2. The van der Waals surface area contributed by atoms with Gasteiger partial charge in [0, 0.05) is 45.0 Å². The van der Waals surface area contributed by atoms with Gasteiger partial charge in [-0.1, -0.05) is 12.1 Å². The quantitative estimate of drug-likeness (QED) is 0.809. The van der Waals surface area contributed by atoms with Crippen LogP contribution in [0, 0.1) is 24.0 Å². The summed E-state index contributed by atoms with van der Waals surface area (Å²) in [5.41, 5.74) is 0.970. The molecule has 1 amide bonds. The van der Waals surface area contributed by atoms with Gasteiger partial charge in [-0.3, -0.25) is 9.69 Å². The molecule has 3 heterocycles. The Labute approximate surface area is 164 Å². The van der Waals surface area contributed by atoms with Crippen molar-refractivity contribution in [3.05, 3.63) is 53.1 Å². The molecule has 0 radical (unpaired) electrons. The molecule has 0 bridgehead atoms. The van der Waals surface area contributed by atoms with Gasteiger partial charge in [-0.25, -0.2) is 13.8 Å². The number of benzene rings is 1. The van der Waals surface area contributed by atoms with Gasteiger partial charge in [-0.15, -0.1) is 0 Å². The van der Waals surface area contributed by atoms with E-state index in [1.54, 1.807) is 11.0 Å². The van der Waals surface area contributed by atoms with Crippen molar-refractivity contribution in [3.63, 3.8) is 0 Å². The zero-order valence-corrected chi connectivity index (χ0v) is 16.4. The van der Waals surface area contributed by atoms with Crippen LogP contribution in [0.1, 0.15) is 36.3 Å². The van der Waals surface area contributed by atoms with Gasteiger partial charge in [0.05, 0.1) is 11.1 Å². The minimum Gasteiger partial charge on any atom is -0.338 e. The third kappa shape index (κ3) is 3.32. The Morgan fingerprint density at radius 1 is 1.18 bits per heavy atom. The normalized spacial score (nSPS) is 23.1. The summed E-state index contributed by atoms with van der Waals surface area (Å²) in [7, 11) is 2.00. The van der Waals surface area contributed by atoms with E-state index in [1.807, 2.05) is 20.2 Å². The summed E-state index contributed by atoms with van der Waals surface area (Å²) in [5.74, 6) is -0.670. The van der Waals surface area contributed by atoms with Crippen molar-refractivity contribution >= 4 is 5.91 Å². The first-order chi connectivity index (χ1) is 13.4. The van der Waals surface area contributed by atoms with Crippen LogP contribution in [0.15, 0.2) is 24.4 Å². The zero-order chi connectivity index (χ0) is 19.9. The van der Waals surface area contributed by atoms with E-state index in [0.29, 0.717) is 13.1 Å². The highest BCUT2D eigenvalue weighted by atomic mass is 19.2. The van der Waals surface area contributed by atoms with E-state index in [2.05, 4.69) is 14.5 Å². The number of hydrogen-bond acceptors (Lipinski definition) is 3. The maximum atomic E-state index is 14.1. The first kappa shape index (κ1) is 19.1. The first-order valence-electron chi connectivity index (χ1n) is 9.81. The van der Waals surface area contributed by atoms with Crippen LogP contribution in [0.25, 0.3) is 0 Å². The molecule has 0 saturated carbocycles. The third-order valence-electron chi connectivity index (χ3n) is 6.35. The minimum absolute atomic E-state index is 0.0751. The molecule has 4 rings (SSSR count). The Balaban J connectivity index is 1.47. The minimum atomic E-state index is -0.866. The van der Waals surface area contributed by atoms with Gasteiger partial charge in [0.15, 0.2) is 11.6 Å². The van der Waals surface area contributed by atoms with Gasteiger partial charge in [-0.2, -0.15) is 0 Å². The fourth-order valence-corrected chi connectivity index (χ4v) is 4.58. The Morgan fingerprint density at radius 3 is 2.75 bits per heavy atom. The largest absolute Gasteiger partial charge is 0.338 e. The highest BCUT2D eigenvalue weighted by Gasteiger charge is 2.48. The Morgan fingerprint density at radius 2 is 2.00 bits per heavy atom. The zero-order valence-electron chi connectivity index (χ0n) is 16.4. The average molecular weight is 388 g/mol. The molecular formula is C21H26F2N4O. The maximum absolute atomic E-state index is 14.1. The summed E-state index contributed by atoms with van der Waals surface area (Å²) in [6.45, 7) is 5.03. The SMILES string of the molecule is Cc1ncc(CN2CC[C@@]3(CCCN(Cc4cccc(F)c4F)C3=O)C2)n1C. The van der Waals surface area contributed by atoms with Crippen molar-refractivity contribution in [3.8, 4) is 0 Å². The Hall–Kier alpha value is -2.28. The van der Waals surface area contributed by atoms with Crippen LogP contribution in [0.3, 0.4) is 0 Å². The van der Waals surface area contributed by atoms with Crippen molar-refractivity contribution in [2.45, 2.75) is 39.3 Å². The fraction of sp³-hybridized carbons (Fsp3) is 0.524. The monoisotopic (exact) mass is 388 g/mol. The number of halogens is 2. The molecule has 1 spiro atoms. The second-order valence-corrected chi connectivity index (χ2v) is 8.14. The second kappa shape index (κ2) is 7.28. The third-order valence-corrected chi connectivity index (χ3v) is 6.35. The van der Waals surface area contributed by atoms with Gasteiger partial charge < -0.3 is 9.47 Å². The number of amides is 1. The van der Waals surface area contributed by atoms with Crippen molar-refractivity contribution in [1.82, 2.24) is 19.4 Å². The molecule has 2 aliphatic rings. The number of likely N-dealkylation sites (tertiary alicyclic amines) is 2. The lowest BCUT2D eigenvalue weighted by molar-refractivity contribution is -0.146. The molecule has 5 nitrogen and oxygen atoms in total. The van der Waals surface area contributed by atoms with Crippen molar-refractivity contribution in [2.24, 2.45) is 12.5 Å². The van der Waals surface area contributed by atoms with E-state index < -0.39 is 17.0 Å². The number of carbonyl (C=O) groups excluding carboxylic acids is 1. The lowest BCUT2D eigenvalue weighted by Gasteiger charge is -2.39. The van der Waals surface area contributed by atoms with Crippen LogP contribution in [-0.4, -0.2) is 44.9 Å². The van der Waals surface area contributed by atoms with Gasteiger partial charge in [0.2, 0.25) is 5.91 Å². The number of rotatable bonds is 4. The molecule has 1 aromatic heterocycles. The lowest BCUT2D eigenvalue weighted by atomic mass is 9.78. The number of nitrogens with zero attached hydrogens (tertiary/aromatic N) is 4. The van der Waals surface area contributed by atoms with E-state index in [4.69, 9.17) is 0 Å². The maximum Gasteiger partial charge on any atom is 0.230 e. The molecule has 0 aliphatic carbocycles. The number of carbonyl (C=O) groups is 1. The number of hydrogen-bond donors (Lipinski definition) is 0. The van der Waals surface area contributed by atoms with Crippen molar-refractivity contribution in [1.29, 1.82) is 0 Å². The van der Waals surface area contributed by atoms with Crippen molar-refractivity contribution < 1.29 is 13.6 Å². The van der Waals surface area contributed by atoms with E-state index in [1.165, 1.54) is 6.07 Å². The van der Waals surface area contributed by atoms with Crippen LogP contribution >= 0.6 is 0 Å². The molecule has 0 unspecified atom stereocenters. The molecule has 1 aromatic carbocycles. The van der Waals surface area contributed by atoms with Crippen LogP contribution in [0.5, 0.6) is 0 Å². The van der Waals surface area contributed by atoms with Crippen LogP contribution in [-0.2, 0) is 24.9 Å². The molecular weight excluding hydrogens is 362 g/mol. The second-order valence-electron chi connectivity index (χ2n) is 8.14. The molecule has 2 saturated heterocycles. The first-order valence-corrected chi connectivity index (χ1v) is 9.81. The van der Waals surface area contributed by atoms with E-state index in [0.717, 1.165) is 49.9 Å². The smallest absolute Gasteiger partial charge is 0.230 e. The molecule has 2 fully saturated rings. The number of imidazole rings is 1. The van der Waals surface area contributed by atoms with Gasteiger partial charge >= 0.3 is 0 Å². The van der Waals surface area contributed by atoms with Gasteiger partial charge in [-0.05, 0) is 38.8 Å². The number of aryl methyl sites for hydroxylation is 1. The molecule has 1 atom stereocenters. The summed E-state index contributed by atoms with van der Waals surface area (Å²) in [6.07, 6.45) is 4.45. The van der Waals surface area contributed by atoms with Crippen LogP contribution in [0.4, 0.5) is 8.78 Å². The standard InChI is InChI=1S/C21H26F2N4O/c1-15-24-11-17(25(15)2)13-26-10-8-21(14-26)7-4-9-27(20(21)28)12-16-5-3-6-18(22)19(16)23/h3,5-6,11H,4,7-10,12-14H2,1-2H3/t21-/m0/s1. The molecule has 28 heavy (non-hydrogen) atoms. The molecule has 7 heteroatoms. The van der Waals surface area contributed by atoms with E-state index in [-0.39, 0.29) is 18.0 Å². The molecule has 150 valence electrons. The summed E-state index contributed by atoms with van der Waals surface area (Å²) < 4.78 is 29.7. The van der Waals surface area contributed by atoms with Crippen LogP contribution in [0.2, 0.25) is 0 Å². The molecule has 2 aliphatic heterocycles. The fourth-order valence-electron chi connectivity index (χ4n) is 4.58. The lowest BCUT2D eigenvalue weighted by Crippen LogP contribution is -2.49. The Bertz CT molecular complexity index is 897. The average Bonchev–Trinajstić information content (AvgIpc) is 3.22. The predicted molar refractivity (Wildman–Crippen MR) is 101 cm³/mol. The summed E-state index contributed by atoms with van der Waals surface area (Å²) in [5, 5.41) is 0. The van der Waals surface area contributed by atoms with E-state index in [9.17, 15) is 13.6 Å². The van der Waals surface area contributed by atoms with Crippen molar-refractivity contribution in [2.75, 3.05) is 19.6 Å². The highest BCUT2D eigenvalue weighted by molar-refractivity contribution is 5.84. The molecule has 0 N–H and O–H groups in total. The van der Waals surface area contributed by atoms with Gasteiger partial charge in [0.25, 0.3) is 0 Å². The highest BCUT2D eigenvalue weighted by Crippen LogP contribution is 2.41. The number of piperidine rings is 1. The summed E-state index contributed by atoms with van der Waals surface area (Å²) in [4.78, 5) is 21.6. The predicted octanol–water partition coefficient (Wildman–Crippen LogP) is 3.02. The Kier molecular flexibility index (Phi) is 4.95. The summed E-state index contributed by atoms with van der Waals surface area (Å²) in [6, 6.07) is 4.15. The topological polar surface area (TPSA) is 41.4 Å². The summed E-state index contributed by atoms with van der Waals surface area (Å²) >= 11 is 0. The van der Waals surface area contributed by atoms with E-state index >= 15 is 0 Å². The molecule has 2 aromatic rings. The van der Waals surface area contributed by atoms with Crippen LogP contribution < -0.4 is 0 Å².